The Kier molecular flexibility index (Phi) is 11.0. The number of rotatable bonds is 13. The van der Waals surface area contributed by atoms with Crippen LogP contribution < -0.4 is 0 Å². The quantitative estimate of drug-likeness (QED) is 0.229. The molecular formula is C25H33BrO2. The Morgan fingerprint density at radius 2 is 1.18 bits per heavy atom. The molecule has 0 radical (unpaired) electrons. The van der Waals surface area contributed by atoms with Gasteiger partial charge in [-0.2, -0.15) is 0 Å². The van der Waals surface area contributed by atoms with Crippen LogP contribution in [-0.2, 0) is 4.74 Å². The highest BCUT2D eigenvalue weighted by atomic mass is 79.9. The Morgan fingerprint density at radius 1 is 0.714 bits per heavy atom. The van der Waals surface area contributed by atoms with Crippen LogP contribution in [0.4, 0.5) is 0 Å². The van der Waals surface area contributed by atoms with Gasteiger partial charge in [0.25, 0.3) is 0 Å². The minimum Gasteiger partial charge on any atom is -0.462 e. The van der Waals surface area contributed by atoms with Gasteiger partial charge >= 0.3 is 5.97 Å². The fourth-order valence-electron chi connectivity index (χ4n) is 3.28. The predicted octanol–water partition coefficient (Wildman–Crippen LogP) is 8.19. The average Bonchev–Trinajstić information content (AvgIpc) is 2.72. The van der Waals surface area contributed by atoms with Gasteiger partial charge in [-0.1, -0.05) is 105 Å². The van der Waals surface area contributed by atoms with Gasteiger partial charge in [-0.3, -0.25) is 0 Å². The van der Waals surface area contributed by atoms with Gasteiger partial charge < -0.3 is 4.74 Å². The standard InChI is InChI=1S/C25H33BrO2/c1-2-3-4-5-6-7-8-9-10-11-20-28-25(27)23-14-12-21(13-15-23)22-16-18-24(26)19-17-22/h12-19H,2-11,20H2,1H3. The van der Waals surface area contributed by atoms with Crippen LogP contribution in [0.15, 0.2) is 53.0 Å². The molecule has 3 heteroatoms. The van der Waals surface area contributed by atoms with Crippen molar-refractivity contribution in [1.82, 2.24) is 0 Å². The van der Waals surface area contributed by atoms with E-state index in [1.807, 2.05) is 36.4 Å². The van der Waals surface area contributed by atoms with Gasteiger partial charge in [0.05, 0.1) is 12.2 Å². The van der Waals surface area contributed by atoms with Gasteiger partial charge in [0.1, 0.15) is 0 Å². The number of halogens is 1. The van der Waals surface area contributed by atoms with E-state index in [-0.39, 0.29) is 5.97 Å². The maximum atomic E-state index is 12.2. The monoisotopic (exact) mass is 444 g/mol. The van der Waals surface area contributed by atoms with Crippen molar-refractivity contribution in [2.24, 2.45) is 0 Å². The van der Waals surface area contributed by atoms with Gasteiger partial charge in [0, 0.05) is 4.47 Å². The topological polar surface area (TPSA) is 26.3 Å². The van der Waals surface area contributed by atoms with Gasteiger partial charge in [0.15, 0.2) is 0 Å². The molecule has 2 nitrogen and oxygen atoms in total. The van der Waals surface area contributed by atoms with Crippen LogP contribution >= 0.6 is 15.9 Å². The van der Waals surface area contributed by atoms with E-state index in [4.69, 9.17) is 4.74 Å². The molecule has 0 unspecified atom stereocenters. The summed E-state index contributed by atoms with van der Waals surface area (Å²) in [6.07, 6.45) is 12.8. The summed E-state index contributed by atoms with van der Waals surface area (Å²) in [4.78, 5) is 12.2. The van der Waals surface area contributed by atoms with Crippen LogP contribution in [0, 0.1) is 0 Å². The minimum absolute atomic E-state index is 0.224. The molecule has 0 atom stereocenters. The van der Waals surface area contributed by atoms with E-state index >= 15 is 0 Å². The summed E-state index contributed by atoms with van der Waals surface area (Å²) in [5, 5.41) is 0. The first kappa shape index (κ1) is 22.7. The fourth-order valence-corrected chi connectivity index (χ4v) is 3.54. The van der Waals surface area contributed by atoms with E-state index in [2.05, 4.69) is 35.0 Å². The lowest BCUT2D eigenvalue weighted by molar-refractivity contribution is 0.0497. The lowest BCUT2D eigenvalue weighted by atomic mass is 10.0. The molecule has 0 aliphatic carbocycles. The summed E-state index contributed by atoms with van der Waals surface area (Å²) in [5.74, 6) is -0.224. The van der Waals surface area contributed by atoms with Crippen molar-refractivity contribution in [2.75, 3.05) is 6.61 Å². The third kappa shape index (κ3) is 8.60. The molecule has 2 aromatic rings. The molecule has 0 bridgehead atoms. The van der Waals surface area contributed by atoms with Crippen LogP contribution in [0.5, 0.6) is 0 Å². The second kappa shape index (κ2) is 13.5. The van der Waals surface area contributed by atoms with Crippen LogP contribution in [0.2, 0.25) is 0 Å². The van der Waals surface area contributed by atoms with Crippen molar-refractivity contribution in [3.63, 3.8) is 0 Å². The SMILES string of the molecule is CCCCCCCCCCCCOC(=O)c1ccc(-c2ccc(Br)cc2)cc1. The van der Waals surface area contributed by atoms with Crippen molar-refractivity contribution in [3.8, 4) is 11.1 Å². The fraction of sp³-hybridized carbons (Fsp3) is 0.480. The molecule has 2 aromatic carbocycles. The van der Waals surface area contributed by atoms with Gasteiger partial charge in [0.2, 0.25) is 0 Å². The molecule has 0 spiro atoms. The van der Waals surface area contributed by atoms with Crippen LogP contribution in [0.3, 0.4) is 0 Å². The average molecular weight is 445 g/mol. The molecule has 0 amide bonds. The minimum atomic E-state index is -0.224. The van der Waals surface area contributed by atoms with Crippen LogP contribution in [0.25, 0.3) is 11.1 Å². The molecule has 2 rings (SSSR count). The van der Waals surface area contributed by atoms with E-state index in [1.165, 1.54) is 51.4 Å². The summed E-state index contributed by atoms with van der Waals surface area (Å²) in [6.45, 7) is 2.77. The van der Waals surface area contributed by atoms with E-state index in [1.54, 1.807) is 0 Å². The molecule has 152 valence electrons. The Morgan fingerprint density at radius 3 is 1.71 bits per heavy atom. The molecule has 0 fully saturated rings. The number of carbonyl (C=O) groups excluding carboxylic acids is 1. The summed E-state index contributed by atoms with van der Waals surface area (Å²) >= 11 is 3.45. The first-order valence-electron chi connectivity index (χ1n) is 10.7. The van der Waals surface area contributed by atoms with E-state index in [0.29, 0.717) is 12.2 Å². The second-order valence-electron chi connectivity index (χ2n) is 7.40. The molecule has 0 saturated carbocycles. The highest BCUT2D eigenvalue weighted by Gasteiger charge is 2.07. The molecular weight excluding hydrogens is 412 g/mol. The molecule has 0 heterocycles. The summed E-state index contributed by atoms with van der Waals surface area (Å²) < 4.78 is 6.47. The molecule has 28 heavy (non-hydrogen) atoms. The molecule has 0 aliphatic heterocycles. The first-order chi connectivity index (χ1) is 13.7. The Bertz CT molecular complexity index is 677. The third-order valence-electron chi connectivity index (χ3n) is 5.03. The lowest BCUT2D eigenvalue weighted by Crippen LogP contribution is -2.06. The number of hydrogen-bond donors (Lipinski definition) is 0. The van der Waals surface area contributed by atoms with Crippen LogP contribution in [-0.4, -0.2) is 12.6 Å². The van der Waals surface area contributed by atoms with Crippen molar-refractivity contribution < 1.29 is 9.53 Å². The molecule has 0 saturated heterocycles. The number of benzene rings is 2. The second-order valence-corrected chi connectivity index (χ2v) is 8.32. The summed E-state index contributed by atoms with van der Waals surface area (Å²) in [5.41, 5.74) is 2.85. The van der Waals surface area contributed by atoms with Gasteiger partial charge in [-0.25, -0.2) is 4.79 Å². The number of carbonyl (C=O) groups is 1. The first-order valence-corrected chi connectivity index (χ1v) is 11.5. The zero-order valence-electron chi connectivity index (χ0n) is 17.1. The van der Waals surface area contributed by atoms with Crippen molar-refractivity contribution in [2.45, 2.75) is 71.1 Å². The van der Waals surface area contributed by atoms with E-state index < -0.39 is 0 Å². The Labute approximate surface area is 178 Å². The number of ether oxygens (including phenoxy) is 1. The number of unbranched alkanes of at least 4 members (excludes halogenated alkanes) is 9. The largest absolute Gasteiger partial charge is 0.462 e. The van der Waals surface area contributed by atoms with Crippen molar-refractivity contribution >= 4 is 21.9 Å². The molecule has 0 aliphatic rings. The maximum Gasteiger partial charge on any atom is 0.338 e. The maximum absolute atomic E-state index is 12.2. The number of esters is 1. The number of hydrogen-bond acceptors (Lipinski definition) is 2. The van der Waals surface area contributed by atoms with Crippen LogP contribution in [0.1, 0.15) is 81.5 Å². The van der Waals surface area contributed by atoms with Crippen molar-refractivity contribution in [1.29, 1.82) is 0 Å². The highest BCUT2D eigenvalue weighted by Crippen LogP contribution is 2.22. The highest BCUT2D eigenvalue weighted by molar-refractivity contribution is 9.10. The smallest absolute Gasteiger partial charge is 0.338 e. The predicted molar refractivity (Wildman–Crippen MR) is 122 cm³/mol. The van der Waals surface area contributed by atoms with Crippen molar-refractivity contribution in [3.05, 3.63) is 58.6 Å². The van der Waals surface area contributed by atoms with Gasteiger partial charge in [-0.15, -0.1) is 0 Å². The Hall–Kier alpha value is -1.61. The Balaban J connectivity index is 1.58. The van der Waals surface area contributed by atoms with E-state index in [0.717, 1.165) is 28.4 Å². The zero-order valence-corrected chi connectivity index (χ0v) is 18.7. The molecule has 0 aromatic heterocycles. The summed E-state index contributed by atoms with van der Waals surface area (Å²) in [7, 11) is 0. The van der Waals surface area contributed by atoms with Gasteiger partial charge in [-0.05, 0) is 41.8 Å². The zero-order chi connectivity index (χ0) is 20.0. The summed E-state index contributed by atoms with van der Waals surface area (Å²) in [6, 6.07) is 15.8. The van der Waals surface area contributed by atoms with E-state index in [9.17, 15) is 4.79 Å². The normalized spacial score (nSPS) is 10.8. The lowest BCUT2D eigenvalue weighted by Gasteiger charge is -2.07. The molecule has 0 N–H and O–H groups in total. The third-order valence-corrected chi connectivity index (χ3v) is 5.56.